The summed E-state index contributed by atoms with van der Waals surface area (Å²) in [5, 5.41) is 0. The van der Waals surface area contributed by atoms with E-state index in [0.29, 0.717) is 6.61 Å². The number of ether oxygens (including phenoxy) is 1. The Kier molecular flexibility index (Phi) is 5.10. The summed E-state index contributed by atoms with van der Waals surface area (Å²) in [6.45, 7) is 0.649. The molecule has 0 unspecified atom stereocenters. The van der Waals surface area contributed by atoms with Crippen LogP contribution in [0.25, 0.3) is 0 Å². The lowest BCUT2D eigenvalue weighted by atomic mass is 10.2. The van der Waals surface area contributed by atoms with Gasteiger partial charge in [0.1, 0.15) is 12.9 Å². The van der Waals surface area contributed by atoms with E-state index in [4.69, 9.17) is 4.74 Å². The quantitative estimate of drug-likeness (QED) is 0.575. The monoisotopic (exact) mass is 337 g/mol. The molecule has 17 heavy (non-hydrogen) atoms. The predicted molar refractivity (Wildman–Crippen MR) is 65.5 cm³/mol. The van der Waals surface area contributed by atoms with Crippen molar-refractivity contribution in [1.82, 2.24) is 0 Å². The van der Waals surface area contributed by atoms with E-state index in [1.807, 2.05) is 30.5 Å². The molecule has 86 valence electrons. The zero-order valence-electron chi connectivity index (χ0n) is 9.42. The van der Waals surface area contributed by atoms with E-state index < -0.39 is 0 Å². The summed E-state index contributed by atoms with van der Waals surface area (Å²) < 4.78 is 9.05. The smallest absolute Gasteiger partial charge is 0.352 e. The molecular formula is C15H14IO+. The summed E-state index contributed by atoms with van der Waals surface area (Å²) in [6.07, 6.45) is 1.83. The van der Waals surface area contributed by atoms with Crippen molar-refractivity contribution in [3.63, 3.8) is 0 Å². The highest BCUT2D eigenvalue weighted by molar-refractivity contribution is 5.13. The van der Waals surface area contributed by atoms with Crippen molar-refractivity contribution < 1.29 is 25.9 Å². The summed E-state index contributed by atoms with van der Waals surface area (Å²) in [4.78, 5) is 0. The Hall–Kier alpha value is -1.29. The van der Waals surface area contributed by atoms with E-state index in [1.165, 1.54) is 9.13 Å². The fourth-order valence-electron chi connectivity index (χ4n) is 1.34. The third-order valence-electron chi connectivity index (χ3n) is 2.16. The summed E-state index contributed by atoms with van der Waals surface area (Å²) in [7, 11) is 0. The van der Waals surface area contributed by atoms with Gasteiger partial charge >= 0.3 is 21.2 Å². The van der Waals surface area contributed by atoms with Crippen LogP contribution in [0, 0.1) is 3.57 Å². The minimum atomic E-state index is -0.0614. The Morgan fingerprint density at radius 1 is 0.882 bits per heavy atom. The van der Waals surface area contributed by atoms with Crippen LogP contribution in [0.15, 0.2) is 71.0 Å². The molecule has 0 amide bonds. The number of hydrogen-bond donors (Lipinski definition) is 0. The lowest BCUT2D eigenvalue weighted by Crippen LogP contribution is -3.59. The Balaban J connectivity index is 1.72. The van der Waals surface area contributed by atoms with Crippen molar-refractivity contribution in [1.29, 1.82) is 0 Å². The maximum absolute atomic E-state index is 5.49. The molecule has 0 bridgehead atoms. The first-order valence-corrected chi connectivity index (χ1v) is 7.76. The van der Waals surface area contributed by atoms with Crippen molar-refractivity contribution in [2.75, 3.05) is 0 Å². The molecular weight excluding hydrogens is 323 g/mol. The molecule has 2 rings (SSSR count). The molecule has 0 fully saturated rings. The van der Waals surface area contributed by atoms with Gasteiger partial charge in [-0.25, -0.2) is 0 Å². The molecule has 0 aliphatic heterocycles. The largest absolute Gasteiger partial charge is 0.492 e. The van der Waals surface area contributed by atoms with Gasteiger partial charge in [-0.2, -0.15) is 0 Å². The molecule has 0 N–H and O–H groups in total. The molecule has 0 aliphatic rings. The summed E-state index contributed by atoms with van der Waals surface area (Å²) in [5.74, 6) is 0. The third-order valence-corrected chi connectivity index (χ3v) is 4.25. The Morgan fingerprint density at radius 3 is 2.24 bits per heavy atom. The average Bonchev–Trinajstić information content (AvgIpc) is 2.41. The number of benzene rings is 2. The molecule has 0 atom stereocenters. The first-order chi connectivity index (χ1) is 8.45. The van der Waals surface area contributed by atoms with Gasteiger partial charge in [-0.15, -0.1) is 0 Å². The van der Waals surface area contributed by atoms with Crippen molar-refractivity contribution in [2.24, 2.45) is 0 Å². The molecule has 0 heterocycles. The van der Waals surface area contributed by atoms with Gasteiger partial charge in [-0.3, -0.25) is 0 Å². The zero-order chi connectivity index (χ0) is 11.8. The standard InChI is InChI=1S/C15H14IO/c1-3-7-14(8-4-1)13-17-12-11-16-15-9-5-2-6-10-15/h1-12H,13H2/q+1/b12-11-. The van der Waals surface area contributed by atoms with Crippen molar-refractivity contribution >= 4 is 0 Å². The summed E-state index contributed by atoms with van der Waals surface area (Å²) in [5.41, 5.74) is 1.20. The first-order valence-electron chi connectivity index (χ1n) is 5.44. The third kappa shape index (κ3) is 4.61. The number of halogens is 1. The van der Waals surface area contributed by atoms with Crippen molar-refractivity contribution in [3.05, 3.63) is 80.1 Å². The van der Waals surface area contributed by atoms with Crippen LogP contribution < -0.4 is 21.2 Å². The minimum Gasteiger partial charge on any atom is -0.492 e. The highest BCUT2D eigenvalue weighted by atomic mass is 127. The minimum absolute atomic E-state index is 0.0614. The van der Waals surface area contributed by atoms with Gasteiger partial charge in [0, 0.05) is 0 Å². The molecule has 0 aliphatic carbocycles. The van der Waals surface area contributed by atoms with E-state index in [2.05, 4.69) is 40.5 Å². The molecule has 0 saturated heterocycles. The fourth-order valence-corrected chi connectivity index (χ4v) is 2.94. The van der Waals surface area contributed by atoms with Crippen LogP contribution in [0.3, 0.4) is 0 Å². The second kappa shape index (κ2) is 7.12. The van der Waals surface area contributed by atoms with E-state index in [1.54, 1.807) is 0 Å². The molecule has 2 heteroatoms. The van der Waals surface area contributed by atoms with Crippen LogP contribution in [0.1, 0.15) is 5.56 Å². The Morgan fingerprint density at radius 2 is 1.53 bits per heavy atom. The van der Waals surface area contributed by atoms with E-state index >= 15 is 0 Å². The van der Waals surface area contributed by atoms with Gasteiger partial charge in [0.05, 0.1) is 0 Å². The first kappa shape index (κ1) is 12.2. The maximum atomic E-state index is 5.49. The molecule has 0 aromatic heterocycles. The van der Waals surface area contributed by atoms with Gasteiger partial charge in [-0.05, 0) is 17.7 Å². The SMILES string of the molecule is C(=C/[I+]c1ccccc1)/OCc1ccccc1. The van der Waals surface area contributed by atoms with Gasteiger partial charge in [-0.1, -0.05) is 48.5 Å². The van der Waals surface area contributed by atoms with Crippen LogP contribution in [-0.4, -0.2) is 0 Å². The van der Waals surface area contributed by atoms with Gasteiger partial charge in [0.2, 0.25) is 0 Å². The maximum Gasteiger partial charge on any atom is 0.352 e. The number of rotatable bonds is 5. The zero-order valence-corrected chi connectivity index (χ0v) is 11.6. The second-order valence-corrected chi connectivity index (χ2v) is 6.05. The Labute approximate surface area is 112 Å². The molecule has 0 spiro atoms. The summed E-state index contributed by atoms with van der Waals surface area (Å²) in [6, 6.07) is 20.7. The van der Waals surface area contributed by atoms with Crippen LogP contribution in [0.2, 0.25) is 0 Å². The van der Waals surface area contributed by atoms with Crippen molar-refractivity contribution in [2.45, 2.75) is 6.61 Å². The highest BCUT2D eigenvalue weighted by Crippen LogP contribution is 1.99. The summed E-state index contributed by atoms with van der Waals surface area (Å²) >= 11 is -0.0614. The fraction of sp³-hybridized carbons (Fsp3) is 0.0667. The molecule has 0 saturated carbocycles. The van der Waals surface area contributed by atoms with Gasteiger partial charge in [0.25, 0.3) is 0 Å². The van der Waals surface area contributed by atoms with E-state index in [0.717, 1.165) is 0 Å². The normalized spacial score (nSPS) is 10.6. The molecule has 0 radical (unpaired) electrons. The van der Waals surface area contributed by atoms with Crippen LogP contribution in [-0.2, 0) is 11.3 Å². The lowest BCUT2D eigenvalue weighted by molar-refractivity contribution is -0.558. The highest BCUT2D eigenvalue weighted by Gasteiger charge is 2.04. The topological polar surface area (TPSA) is 9.23 Å². The number of hydrogen-bond acceptors (Lipinski definition) is 1. The van der Waals surface area contributed by atoms with Gasteiger partial charge < -0.3 is 4.74 Å². The lowest BCUT2D eigenvalue weighted by Gasteiger charge is -1.98. The molecule has 1 nitrogen and oxygen atoms in total. The van der Waals surface area contributed by atoms with Gasteiger partial charge in [0.15, 0.2) is 7.65 Å². The molecule has 2 aromatic carbocycles. The predicted octanol–water partition coefficient (Wildman–Crippen LogP) is 0.633. The van der Waals surface area contributed by atoms with Crippen molar-refractivity contribution in [3.8, 4) is 0 Å². The average molecular weight is 337 g/mol. The van der Waals surface area contributed by atoms with E-state index in [9.17, 15) is 0 Å². The molecule has 2 aromatic rings. The van der Waals surface area contributed by atoms with Crippen LogP contribution in [0.5, 0.6) is 0 Å². The van der Waals surface area contributed by atoms with Crippen LogP contribution >= 0.6 is 0 Å². The van der Waals surface area contributed by atoms with E-state index in [-0.39, 0.29) is 21.2 Å². The second-order valence-electron chi connectivity index (χ2n) is 3.46. The van der Waals surface area contributed by atoms with Crippen LogP contribution in [0.4, 0.5) is 0 Å². The Bertz CT molecular complexity index is 451.